The summed E-state index contributed by atoms with van der Waals surface area (Å²) in [5.74, 6) is -0.251. The molecule has 2 amide bonds. The highest BCUT2D eigenvalue weighted by Gasteiger charge is 2.08. The van der Waals surface area contributed by atoms with E-state index in [-0.39, 0.29) is 18.4 Å². The van der Waals surface area contributed by atoms with Crippen molar-refractivity contribution in [3.8, 4) is 0 Å². The van der Waals surface area contributed by atoms with E-state index in [0.717, 1.165) is 5.69 Å². The van der Waals surface area contributed by atoms with E-state index in [2.05, 4.69) is 10.6 Å². The first-order valence-corrected chi connectivity index (χ1v) is 7.44. The fourth-order valence-electron chi connectivity index (χ4n) is 1.91. The Balaban J connectivity index is 1.87. The quantitative estimate of drug-likeness (QED) is 0.885. The maximum Gasteiger partial charge on any atom is 0.253 e. The molecular weight excluding hydrogens is 314 g/mol. The molecule has 2 aromatic carbocycles. The highest BCUT2D eigenvalue weighted by Crippen LogP contribution is 2.14. The Hall–Kier alpha value is -2.53. The van der Waals surface area contributed by atoms with Gasteiger partial charge in [0.25, 0.3) is 5.91 Å². The van der Waals surface area contributed by atoms with Crippen LogP contribution in [0.4, 0.5) is 11.4 Å². The first kappa shape index (κ1) is 16.8. The Morgan fingerprint density at radius 2 is 1.52 bits per heavy atom. The number of hydrogen-bond donors (Lipinski definition) is 2. The van der Waals surface area contributed by atoms with Crippen LogP contribution in [0.5, 0.6) is 0 Å². The van der Waals surface area contributed by atoms with Gasteiger partial charge >= 0.3 is 0 Å². The number of rotatable bonds is 5. The minimum Gasteiger partial charge on any atom is -0.376 e. The maximum atomic E-state index is 11.9. The van der Waals surface area contributed by atoms with E-state index in [0.29, 0.717) is 16.3 Å². The number of nitrogens with zero attached hydrogens (tertiary/aromatic N) is 1. The molecule has 0 saturated carbocycles. The topological polar surface area (TPSA) is 61.4 Å². The second-order valence-electron chi connectivity index (χ2n) is 5.19. The zero-order chi connectivity index (χ0) is 16.8. The Kier molecular flexibility index (Phi) is 5.60. The third-order valence-corrected chi connectivity index (χ3v) is 3.37. The van der Waals surface area contributed by atoms with E-state index >= 15 is 0 Å². The molecule has 5 nitrogen and oxygen atoms in total. The highest BCUT2D eigenvalue weighted by molar-refractivity contribution is 6.30. The summed E-state index contributed by atoms with van der Waals surface area (Å²) in [6, 6.07) is 13.9. The van der Waals surface area contributed by atoms with Crippen LogP contribution in [0.15, 0.2) is 48.5 Å². The summed E-state index contributed by atoms with van der Waals surface area (Å²) in [4.78, 5) is 25.2. The Labute approximate surface area is 140 Å². The van der Waals surface area contributed by atoms with E-state index in [4.69, 9.17) is 11.6 Å². The lowest BCUT2D eigenvalue weighted by Gasteiger charge is -2.11. The molecule has 0 fully saturated rings. The molecule has 0 aliphatic heterocycles. The van der Waals surface area contributed by atoms with Crippen molar-refractivity contribution in [2.24, 2.45) is 0 Å². The summed E-state index contributed by atoms with van der Waals surface area (Å²) in [6.07, 6.45) is 0. The summed E-state index contributed by atoms with van der Waals surface area (Å²) >= 11 is 5.80. The largest absolute Gasteiger partial charge is 0.376 e. The van der Waals surface area contributed by atoms with Crippen LogP contribution < -0.4 is 10.6 Å². The van der Waals surface area contributed by atoms with Gasteiger partial charge in [-0.05, 0) is 48.5 Å². The van der Waals surface area contributed by atoms with Crippen LogP contribution in [0.3, 0.4) is 0 Å². The van der Waals surface area contributed by atoms with Crippen molar-refractivity contribution in [1.82, 2.24) is 4.90 Å². The second kappa shape index (κ2) is 7.65. The second-order valence-corrected chi connectivity index (χ2v) is 5.62. The van der Waals surface area contributed by atoms with Crippen LogP contribution >= 0.6 is 11.6 Å². The first-order valence-electron chi connectivity index (χ1n) is 7.07. The summed E-state index contributed by atoms with van der Waals surface area (Å²) in [6.45, 7) is 0.139. The van der Waals surface area contributed by atoms with Crippen LogP contribution in [0.1, 0.15) is 10.4 Å². The monoisotopic (exact) mass is 331 g/mol. The number of halogens is 1. The van der Waals surface area contributed by atoms with Gasteiger partial charge in [-0.15, -0.1) is 0 Å². The zero-order valence-electron chi connectivity index (χ0n) is 13.0. The van der Waals surface area contributed by atoms with Gasteiger partial charge in [0, 0.05) is 36.1 Å². The molecular formula is C17H18ClN3O2. The fourth-order valence-corrected chi connectivity index (χ4v) is 2.04. The Morgan fingerprint density at radius 1 is 0.957 bits per heavy atom. The summed E-state index contributed by atoms with van der Waals surface area (Å²) in [5, 5.41) is 6.42. The lowest BCUT2D eigenvalue weighted by Crippen LogP contribution is -2.22. The van der Waals surface area contributed by atoms with Gasteiger partial charge < -0.3 is 15.5 Å². The molecule has 0 spiro atoms. The summed E-state index contributed by atoms with van der Waals surface area (Å²) in [5.41, 5.74) is 2.03. The number of hydrogen-bond acceptors (Lipinski definition) is 3. The highest BCUT2D eigenvalue weighted by atomic mass is 35.5. The van der Waals surface area contributed by atoms with E-state index in [1.54, 1.807) is 62.6 Å². The molecule has 6 heteroatoms. The van der Waals surface area contributed by atoms with Gasteiger partial charge in [-0.2, -0.15) is 0 Å². The van der Waals surface area contributed by atoms with Crippen molar-refractivity contribution in [2.75, 3.05) is 31.3 Å². The third kappa shape index (κ3) is 5.00. The minimum absolute atomic E-state index is 0.0766. The summed E-state index contributed by atoms with van der Waals surface area (Å²) < 4.78 is 0. The predicted molar refractivity (Wildman–Crippen MR) is 93.0 cm³/mol. The fraction of sp³-hybridized carbons (Fsp3) is 0.176. The molecule has 0 bridgehead atoms. The van der Waals surface area contributed by atoms with Crippen molar-refractivity contribution in [2.45, 2.75) is 0 Å². The number of nitrogens with one attached hydrogen (secondary N) is 2. The lowest BCUT2D eigenvalue weighted by molar-refractivity contribution is -0.114. The molecule has 0 aromatic heterocycles. The SMILES string of the molecule is CN(C)C(=O)c1ccc(NC(=O)CNc2ccc(Cl)cc2)cc1. The van der Waals surface area contributed by atoms with Crippen LogP contribution in [0.2, 0.25) is 5.02 Å². The molecule has 0 aliphatic rings. The zero-order valence-corrected chi connectivity index (χ0v) is 13.7. The standard InChI is InChI=1S/C17H18ClN3O2/c1-21(2)17(23)12-3-7-15(8-4-12)20-16(22)11-19-14-9-5-13(18)6-10-14/h3-10,19H,11H2,1-2H3,(H,20,22). The van der Waals surface area contributed by atoms with Gasteiger partial charge in [-0.1, -0.05) is 11.6 Å². The smallest absolute Gasteiger partial charge is 0.253 e. The number of anilines is 2. The van der Waals surface area contributed by atoms with Crippen LogP contribution in [0, 0.1) is 0 Å². The molecule has 0 saturated heterocycles. The van der Waals surface area contributed by atoms with Crippen LogP contribution in [0.25, 0.3) is 0 Å². The van der Waals surface area contributed by atoms with Crippen molar-refractivity contribution >= 4 is 34.8 Å². The van der Waals surface area contributed by atoms with E-state index in [9.17, 15) is 9.59 Å². The molecule has 0 heterocycles. The molecule has 0 radical (unpaired) electrons. The third-order valence-electron chi connectivity index (χ3n) is 3.12. The maximum absolute atomic E-state index is 11.9. The van der Waals surface area contributed by atoms with Gasteiger partial charge in [-0.3, -0.25) is 9.59 Å². The van der Waals surface area contributed by atoms with Crippen LogP contribution in [-0.4, -0.2) is 37.4 Å². The molecule has 0 aliphatic carbocycles. The molecule has 2 N–H and O–H groups in total. The Bertz CT molecular complexity index is 682. The van der Waals surface area contributed by atoms with E-state index in [1.807, 2.05) is 0 Å². The van der Waals surface area contributed by atoms with Gasteiger partial charge in [0.2, 0.25) is 5.91 Å². The van der Waals surface area contributed by atoms with Crippen molar-refractivity contribution < 1.29 is 9.59 Å². The van der Waals surface area contributed by atoms with Gasteiger partial charge in [0.05, 0.1) is 6.54 Å². The first-order chi connectivity index (χ1) is 11.0. The van der Waals surface area contributed by atoms with Crippen molar-refractivity contribution in [3.05, 3.63) is 59.1 Å². The molecule has 0 unspecified atom stereocenters. The number of carbonyl (C=O) groups is 2. The average molecular weight is 332 g/mol. The normalized spacial score (nSPS) is 10.0. The van der Waals surface area contributed by atoms with Gasteiger partial charge in [0.15, 0.2) is 0 Å². The number of amides is 2. The molecule has 23 heavy (non-hydrogen) atoms. The van der Waals surface area contributed by atoms with Gasteiger partial charge in [0.1, 0.15) is 0 Å². The predicted octanol–water partition coefficient (Wildman–Crippen LogP) is 3.09. The van der Waals surface area contributed by atoms with Gasteiger partial charge in [-0.25, -0.2) is 0 Å². The molecule has 0 atom stereocenters. The average Bonchev–Trinajstić information content (AvgIpc) is 2.54. The number of carbonyl (C=O) groups excluding carboxylic acids is 2. The number of benzene rings is 2. The van der Waals surface area contributed by atoms with E-state index < -0.39 is 0 Å². The van der Waals surface area contributed by atoms with Crippen LogP contribution in [-0.2, 0) is 4.79 Å². The van der Waals surface area contributed by atoms with E-state index in [1.165, 1.54) is 4.90 Å². The summed E-state index contributed by atoms with van der Waals surface area (Å²) in [7, 11) is 3.39. The molecule has 2 aromatic rings. The lowest BCUT2D eigenvalue weighted by atomic mass is 10.2. The van der Waals surface area contributed by atoms with Crippen molar-refractivity contribution in [1.29, 1.82) is 0 Å². The van der Waals surface area contributed by atoms with Crippen molar-refractivity contribution in [3.63, 3.8) is 0 Å². The molecule has 120 valence electrons. The molecule has 2 rings (SSSR count). The Morgan fingerprint density at radius 3 is 2.09 bits per heavy atom. The minimum atomic E-state index is -0.174.